The molecular formula is C16H25N3O2. The third kappa shape index (κ3) is 5.01. The van der Waals surface area contributed by atoms with Crippen molar-refractivity contribution in [2.45, 2.75) is 64.8 Å². The molecule has 1 aromatic rings. The number of nitrogens with one attached hydrogen (secondary N) is 2. The molecule has 116 valence electrons. The van der Waals surface area contributed by atoms with Gasteiger partial charge in [-0.1, -0.05) is 6.92 Å². The maximum atomic E-state index is 11.8. The van der Waals surface area contributed by atoms with Crippen LogP contribution in [0.25, 0.3) is 0 Å². The fourth-order valence-electron chi connectivity index (χ4n) is 2.43. The number of carbonyl (C=O) groups is 1. The number of amides is 2. The highest BCUT2D eigenvalue weighted by atomic mass is 16.5. The molecule has 0 aliphatic heterocycles. The van der Waals surface area contributed by atoms with E-state index in [0.717, 1.165) is 25.0 Å². The quantitative estimate of drug-likeness (QED) is 0.846. The Bertz CT molecular complexity index is 470. The highest BCUT2D eigenvalue weighted by Crippen LogP contribution is 2.24. The summed E-state index contributed by atoms with van der Waals surface area (Å²) < 4.78 is 5.67. The zero-order valence-electron chi connectivity index (χ0n) is 13.1. The van der Waals surface area contributed by atoms with Crippen LogP contribution in [0.2, 0.25) is 0 Å². The smallest absolute Gasteiger partial charge is 0.315 e. The Balaban J connectivity index is 1.66. The highest BCUT2D eigenvalue weighted by Gasteiger charge is 2.31. The molecule has 0 aromatic carbocycles. The van der Waals surface area contributed by atoms with Gasteiger partial charge in [0.25, 0.3) is 0 Å². The van der Waals surface area contributed by atoms with Crippen molar-refractivity contribution < 1.29 is 9.53 Å². The van der Waals surface area contributed by atoms with Gasteiger partial charge < -0.3 is 15.4 Å². The predicted octanol–water partition coefficient (Wildman–Crippen LogP) is 2.40. The van der Waals surface area contributed by atoms with E-state index >= 15 is 0 Å². The Morgan fingerprint density at radius 3 is 2.90 bits per heavy atom. The number of aryl methyl sites for hydroxylation is 1. The van der Waals surface area contributed by atoms with Gasteiger partial charge in [-0.3, -0.25) is 4.98 Å². The van der Waals surface area contributed by atoms with Crippen LogP contribution in [0, 0.1) is 0 Å². The second kappa shape index (κ2) is 7.41. The third-order valence-electron chi connectivity index (χ3n) is 3.61. The fraction of sp³-hybridized carbons (Fsp3) is 0.625. The van der Waals surface area contributed by atoms with E-state index < -0.39 is 0 Å². The average Bonchev–Trinajstić information content (AvgIpc) is 2.42. The summed E-state index contributed by atoms with van der Waals surface area (Å²) >= 11 is 0. The first kappa shape index (κ1) is 15.8. The molecule has 5 nitrogen and oxygen atoms in total. The van der Waals surface area contributed by atoms with Crippen LogP contribution in [0.5, 0.6) is 0 Å². The van der Waals surface area contributed by atoms with Crippen LogP contribution in [-0.4, -0.2) is 29.3 Å². The van der Waals surface area contributed by atoms with Crippen LogP contribution >= 0.6 is 0 Å². The van der Waals surface area contributed by atoms with E-state index in [0.29, 0.717) is 12.6 Å². The summed E-state index contributed by atoms with van der Waals surface area (Å²) in [7, 11) is 0. The summed E-state index contributed by atoms with van der Waals surface area (Å²) in [6.07, 6.45) is 5.10. The van der Waals surface area contributed by atoms with Crippen molar-refractivity contribution in [2.24, 2.45) is 0 Å². The van der Waals surface area contributed by atoms with Crippen LogP contribution < -0.4 is 10.6 Å². The van der Waals surface area contributed by atoms with Gasteiger partial charge >= 0.3 is 6.03 Å². The molecule has 5 heteroatoms. The minimum Gasteiger partial charge on any atom is -0.375 e. The monoisotopic (exact) mass is 291 g/mol. The first-order chi connectivity index (χ1) is 10.1. The molecule has 1 aromatic heterocycles. The second-order valence-electron chi connectivity index (χ2n) is 5.81. The van der Waals surface area contributed by atoms with Crippen molar-refractivity contribution in [2.75, 3.05) is 0 Å². The van der Waals surface area contributed by atoms with E-state index in [4.69, 9.17) is 4.74 Å². The topological polar surface area (TPSA) is 63.2 Å². The number of pyridine rings is 1. The van der Waals surface area contributed by atoms with E-state index in [-0.39, 0.29) is 18.2 Å². The molecule has 1 aliphatic carbocycles. The summed E-state index contributed by atoms with van der Waals surface area (Å²) in [5.74, 6) is 0. The van der Waals surface area contributed by atoms with E-state index in [1.165, 1.54) is 5.56 Å². The number of aromatic nitrogens is 1. The van der Waals surface area contributed by atoms with Crippen molar-refractivity contribution in [1.82, 2.24) is 15.6 Å². The highest BCUT2D eigenvalue weighted by molar-refractivity contribution is 5.74. The average molecular weight is 291 g/mol. The second-order valence-corrected chi connectivity index (χ2v) is 5.81. The molecule has 0 atom stereocenters. The van der Waals surface area contributed by atoms with Crippen LogP contribution in [-0.2, 0) is 17.7 Å². The van der Waals surface area contributed by atoms with E-state index in [1.54, 1.807) is 6.20 Å². The number of ether oxygens (including phenoxy) is 1. The summed E-state index contributed by atoms with van der Waals surface area (Å²) in [4.78, 5) is 16.1. The maximum Gasteiger partial charge on any atom is 0.315 e. The molecule has 0 radical (unpaired) electrons. The van der Waals surface area contributed by atoms with Gasteiger partial charge in [0.1, 0.15) is 0 Å². The molecule has 2 N–H and O–H groups in total. The lowest BCUT2D eigenvalue weighted by molar-refractivity contribution is -0.0475. The predicted molar refractivity (Wildman–Crippen MR) is 82.0 cm³/mol. The lowest BCUT2D eigenvalue weighted by Gasteiger charge is -2.36. The Hall–Kier alpha value is -1.62. The number of urea groups is 1. The molecule has 0 bridgehead atoms. The van der Waals surface area contributed by atoms with Crippen molar-refractivity contribution >= 4 is 6.03 Å². The van der Waals surface area contributed by atoms with Gasteiger partial charge in [0.15, 0.2) is 0 Å². The number of hydrogen-bond donors (Lipinski definition) is 2. The van der Waals surface area contributed by atoms with Crippen molar-refractivity contribution in [3.05, 3.63) is 29.6 Å². The first-order valence-corrected chi connectivity index (χ1v) is 7.70. The van der Waals surface area contributed by atoms with Gasteiger partial charge in [-0.15, -0.1) is 0 Å². The molecule has 2 rings (SSSR count). The molecule has 2 amide bonds. The minimum absolute atomic E-state index is 0.133. The third-order valence-corrected chi connectivity index (χ3v) is 3.61. The Kier molecular flexibility index (Phi) is 5.56. The largest absolute Gasteiger partial charge is 0.375 e. The molecule has 21 heavy (non-hydrogen) atoms. The number of hydrogen-bond acceptors (Lipinski definition) is 3. The standard InChI is InChI=1S/C16H25N3O2/c1-4-12-5-6-17-14(7-12)10-18-16(20)19-13-8-15(9-13)21-11(2)3/h5-7,11,13,15H,4,8-10H2,1-3H3,(H2,18,19,20). The Labute approximate surface area is 126 Å². The van der Waals surface area contributed by atoms with Crippen molar-refractivity contribution in [3.8, 4) is 0 Å². The summed E-state index contributed by atoms with van der Waals surface area (Å²) in [6, 6.07) is 4.11. The SMILES string of the molecule is CCc1ccnc(CNC(=O)NC2CC(OC(C)C)C2)c1. The number of nitrogens with zero attached hydrogens (tertiary/aromatic N) is 1. The summed E-state index contributed by atoms with van der Waals surface area (Å²) in [6.45, 7) is 6.62. The lowest BCUT2D eigenvalue weighted by atomic mass is 9.89. The molecule has 0 saturated heterocycles. The van der Waals surface area contributed by atoms with E-state index in [9.17, 15) is 4.79 Å². The Morgan fingerprint density at radius 1 is 1.48 bits per heavy atom. The zero-order chi connectivity index (χ0) is 15.2. The summed E-state index contributed by atoms with van der Waals surface area (Å²) in [5, 5.41) is 5.81. The molecule has 1 saturated carbocycles. The lowest BCUT2D eigenvalue weighted by Crippen LogP contribution is -2.51. The van der Waals surface area contributed by atoms with Gasteiger partial charge in [0.2, 0.25) is 0 Å². The molecular weight excluding hydrogens is 266 g/mol. The van der Waals surface area contributed by atoms with E-state index in [2.05, 4.69) is 22.5 Å². The van der Waals surface area contributed by atoms with Gasteiger partial charge in [-0.25, -0.2) is 4.79 Å². The van der Waals surface area contributed by atoms with Gasteiger partial charge in [-0.2, -0.15) is 0 Å². The zero-order valence-corrected chi connectivity index (χ0v) is 13.1. The van der Waals surface area contributed by atoms with Crippen LogP contribution in [0.15, 0.2) is 18.3 Å². The number of rotatable bonds is 6. The molecule has 1 heterocycles. The number of carbonyl (C=O) groups excluding carboxylic acids is 1. The first-order valence-electron chi connectivity index (χ1n) is 7.70. The minimum atomic E-state index is -0.133. The van der Waals surface area contributed by atoms with Crippen molar-refractivity contribution in [3.63, 3.8) is 0 Å². The summed E-state index contributed by atoms with van der Waals surface area (Å²) in [5.41, 5.74) is 2.12. The maximum absolute atomic E-state index is 11.8. The van der Waals surface area contributed by atoms with E-state index in [1.807, 2.05) is 26.0 Å². The van der Waals surface area contributed by atoms with Crippen molar-refractivity contribution in [1.29, 1.82) is 0 Å². The Morgan fingerprint density at radius 2 is 2.24 bits per heavy atom. The molecule has 0 spiro atoms. The fourth-order valence-corrected chi connectivity index (χ4v) is 2.43. The van der Waals surface area contributed by atoms with Gasteiger partial charge in [-0.05, 0) is 50.8 Å². The van der Waals surface area contributed by atoms with Gasteiger partial charge in [0, 0.05) is 12.2 Å². The van der Waals surface area contributed by atoms with Crippen LogP contribution in [0.4, 0.5) is 4.79 Å². The molecule has 0 unspecified atom stereocenters. The molecule has 1 aliphatic rings. The van der Waals surface area contributed by atoms with Gasteiger partial charge in [0.05, 0.1) is 24.4 Å². The normalized spacial score (nSPS) is 21.0. The molecule has 1 fully saturated rings. The van der Waals surface area contributed by atoms with Crippen LogP contribution in [0.3, 0.4) is 0 Å². The van der Waals surface area contributed by atoms with Crippen LogP contribution in [0.1, 0.15) is 44.9 Å².